The Balaban J connectivity index is 1.53. The molecule has 26 heavy (non-hydrogen) atoms. The fourth-order valence-electron chi connectivity index (χ4n) is 4.12. The highest BCUT2D eigenvalue weighted by Gasteiger charge is 2.25. The number of benzene rings is 1. The Hall–Kier alpha value is -1.36. The second-order valence-electron chi connectivity index (χ2n) is 7.38. The van der Waals surface area contributed by atoms with E-state index in [-0.39, 0.29) is 5.56 Å². The number of hydrogen-bond donors (Lipinski definition) is 1. The molecule has 0 saturated heterocycles. The van der Waals surface area contributed by atoms with Crippen LogP contribution >= 0.6 is 23.2 Å². The Bertz CT molecular complexity index is 859. The van der Waals surface area contributed by atoms with Crippen molar-refractivity contribution >= 4 is 23.2 Å². The minimum atomic E-state index is 0.0254. The molecule has 1 aliphatic carbocycles. The van der Waals surface area contributed by atoms with Crippen molar-refractivity contribution in [2.45, 2.75) is 57.5 Å². The van der Waals surface area contributed by atoms with Gasteiger partial charge in [0.2, 0.25) is 0 Å². The van der Waals surface area contributed by atoms with Crippen LogP contribution in [0.1, 0.15) is 60.7 Å². The summed E-state index contributed by atoms with van der Waals surface area (Å²) in [6, 6.07) is 5.69. The zero-order chi connectivity index (χ0) is 18.1. The van der Waals surface area contributed by atoms with Crippen molar-refractivity contribution in [1.82, 2.24) is 14.9 Å². The number of aromatic amines is 1. The summed E-state index contributed by atoms with van der Waals surface area (Å²) in [7, 11) is 0. The minimum Gasteiger partial charge on any atom is -0.310 e. The Morgan fingerprint density at radius 2 is 2.00 bits per heavy atom. The lowest BCUT2D eigenvalue weighted by Gasteiger charge is -2.29. The van der Waals surface area contributed by atoms with E-state index in [1.165, 1.54) is 19.3 Å². The molecule has 4 nitrogen and oxygen atoms in total. The molecule has 1 aromatic carbocycles. The minimum absolute atomic E-state index is 0.0254. The Kier molecular flexibility index (Phi) is 5.35. The number of nitrogens with zero attached hydrogens (tertiary/aromatic N) is 2. The first-order chi connectivity index (χ1) is 12.6. The van der Waals surface area contributed by atoms with Gasteiger partial charge in [-0.25, -0.2) is 4.98 Å². The highest BCUT2D eigenvalue weighted by atomic mass is 35.5. The van der Waals surface area contributed by atoms with Crippen molar-refractivity contribution in [3.63, 3.8) is 0 Å². The van der Waals surface area contributed by atoms with Crippen LogP contribution in [0.15, 0.2) is 23.0 Å². The summed E-state index contributed by atoms with van der Waals surface area (Å²) in [5, 5.41) is 1.16. The summed E-state index contributed by atoms with van der Waals surface area (Å²) in [6.07, 6.45) is 6.85. The topological polar surface area (TPSA) is 49.0 Å². The fourth-order valence-corrected chi connectivity index (χ4v) is 4.50. The van der Waals surface area contributed by atoms with Gasteiger partial charge in [-0.15, -0.1) is 0 Å². The molecule has 1 aliphatic heterocycles. The SMILES string of the molecule is O=c1[nH]c(C2CCCCC2)nc2c1CN(Cc1cccc(Cl)c1Cl)CC2. The number of H-pyrrole nitrogens is 1. The number of aromatic nitrogens is 2. The average Bonchev–Trinajstić information content (AvgIpc) is 2.66. The zero-order valence-corrected chi connectivity index (χ0v) is 16.2. The van der Waals surface area contributed by atoms with Gasteiger partial charge in [-0.3, -0.25) is 9.69 Å². The van der Waals surface area contributed by atoms with Gasteiger partial charge in [-0.05, 0) is 24.5 Å². The molecule has 0 unspecified atom stereocenters. The van der Waals surface area contributed by atoms with Gasteiger partial charge in [-0.2, -0.15) is 0 Å². The molecule has 2 aromatic rings. The number of rotatable bonds is 3. The summed E-state index contributed by atoms with van der Waals surface area (Å²) < 4.78 is 0. The van der Waals surface area contributed by atoms with Crippen LogP contribution in [0.25, 0.3) is 0 Å². The molecule has 0 amide bonds. The zero-order valence-electron chi connectivity index (χ0n) is 14.7. The second-order valence-corrected chi connectivity index (χ2v) is 8.17. The normalized spacial score (nSPS) is 18.7. The predicted octanol–water partition coefficient (Wildman–Crippen LogP) is 4.68. The van der Waals surface area contributed by atoms with Gasteiger partial charge in [0.15, 0.2) is 0 Å². The van der Waals surface area contributed by atoms with Crippen LogP contribution in [-0.4, -0.2) is 21.4 Å². The van der Waals surface area contributed by atoms with Crippen LogP contribution in [0.4, 0.5) is 0 Å². The van der Waals surface area contributed by atoms with E-state index < -0.39 is 0 Å². The Labute approximate surface area is 163 Å². The van der Waals surface area contributed by atoms with Crippen molar-refractivity contribution in [3.05, 3.63) is 61.2 Å². The third-order valence-electron chi connectivity index (χ3n) is 5.58. The molecule has 0 bridgehead atoms. The molecule has 6 heteroatoms. The van der Waals surface area contributed by atoms with Crippen LogP contribution in [0.3, 0.4) is 0 Å². The molecule has 1 N–H and O–H groups in total. The van der Waals surface area contributed by atoms with Crippen molar-refractivity contribution in [1.29, 1.82) is 0 Å². The quantitative estimate of drug-likeness (QED) is 0.825. The lowest BCUT2D eigenvalue weighted by molar-refractivity contribution is 0.241. The van der Waals surface area contributed by atoms with Crippen molar-refractivity contribution in [2.24, 2.45) is 0 Å². The third kappa shape index (κ3) is 3.68. The molecular weight excluding hydrogens is 369 g/mol. The third-order valence-corrected chi connectivity index (χ3v) is 6.44. The largest absolute Gasteiger partial charge is 0.310 e. The van der Waals surface area contributed by atoms with Crippen LogP contribution in [0, 0.1) is 0 Å². The molecule has 4 rings (SSSR count). The highest BCUT2D eigenvalue weighted by molar-refractivity contribution is 6.42. The van der Waals surface area contributed by atoms with Gasteiger partial charge < -0.3 is 4.98 Å². The van der Waals surface area contributed by atoms with Crippen molar-refractivity contribution < 1.29 is 0 Å². The number of nitrogens with one attached hydrogen (secondary N) is 1. The molecule has 0 atom stereocenters. The smallest absolute Gasteiger partial charge is 0.255 e. The van der Waals surface area contributed by atoms with Gasteiger partial charge in [-0.1, -0.05) is 54.6 Å². The van der Waals surface area contributed by atoms with Crippen LogP contribution in [-0.2, 0) is 19.5 Å². The van der Waals surface area contributed by atoms with E-state index in [1.54, 1.807) is 6.07 Å². The van der Waals surface area contributed by atoms with Crippen LogP contribution < -0.4 is 5.56 Å². The van der Waals surface area contributed by atoms with E-state index in [9.17, 15) is 4.79 Å². The molecule has 1 saturated carbocycles. The predicted molar refractivity (Wildman–Crippen MR) is 105 cm³/mol. The van der Waals surface area contributed by atoms with Gasteiger partial charge >= 0.3 is 0 Å². The van der Waals surface area contributed by atoms with E-state index in [1.807, 2.05) is 12.1 Å². The maximum absolute atomic E-state index is 12.7. The number of halogens is 2. The van der Waals surface area contributed by atoms with Gasteiger partial charge in [0.05, 0.1) is 21.3 Å². The number of fused-ring (bicyclic) bond motifs is 1. The maximum Gasteiger partial charge on any atom is 0.255 e. The van der Waals surface area contributed by atoms with E-state index in [2.05, 4.69) is 9.88 Å². The highest BCUT2D eigenvalue weighted by Crippen LogP contribution is 2.31. The molecule has 2 heterocycles. The summed E-state index contributed by atoms with van der Waals surface area (Å²) in [4.78, 5) is 22.8. The first-order valence-corrected chi connectivity index (χ1v) is 10.1. The first-order valence-electron chi connectivity index (χ1n) is 9.39. The Morgan fingerprint density at radius 1 is 1.19 bits per heavy atom. The molecular formula is C20H23Cl2N3O. The first kappa shape index (κ1) is 18.0. The lowest BCUT2D eigenvalue weighted by Crippen LogP contribution is -2.36. The molecule has 1 fully saturated rings. The van der Waals surface area contributed by atoms with Crippen molar-refractivity contribution in [2.75, 3.05) is 6.54 Å². The molecule has 0 radical (unpaired) electrons. The van der Waals surface area contributed by atoms with E-state index in [0.29, 0.717) is 29.1 Å². The summed E-state index contributed by atoms with van der Waals surface area (Å²) in [5.41, 5.74) is 2.79. The fraction of sp³-hybridized carbons (Fsp3) is 0.500. The van der Waals surface area contributed by atoms with Gasteiger partial charge in [0, 0.05) is 32.0 Å². The number of hydrogen-bond acceptors (Lipinski definition) is 3. The van der Waals surface area contributed by atoms with Gasteiger partial charge in [0.1, 0.15) is 5.82 Å². The lowest BCUT2D eigenvalue weighted by atomic mass is 9.88. The van der Waals surface area contributed by atoms with Crippen LogP contribution in [0.2, 0.25) is 10.0 Å². The van der Waals surface area contributed by atoms with E-state index >= 15 is 0 Å². The molecule has 0 spiro atoms. The average molecular weight is 392 g/mol. The summed E-state index contributed by atoms with van der Waals surface area (Å²) in [5.74, 6) is 1.32. The monoisotopic (exact) mass is 391 g/mol. The van der Waals surface area contributed by atoms with Gasteiger partial charge in [0.25, 0.3) is 5.56 Å². The molecule has 1 aromatic heterocycles. The van der Waals surface area contributed by atoms with Crippen molar-refractivity contribution in [3.8, 4) is 0 Å². The standard InChI is InChI=1S/C20H23Cl2N3O/c21-16-8-4-7-14(18(16)22)11-25-10-9-17-15(12-25)20(26)24-19(23-17)13-5-2-1-3-6-13/h4,7-8,13H,1-3,5-6,9-12H2,(H,23,24,26). The molecule has 138 valence electrons. The summed E-state index contributed by atoms with van der Waals surface area (Å²) in [6.45, 7) is 2.16. The molecule has 2 aliphatic rings. The summed E-state index contributed by atoms with van der Waals surface area (Å²) >= 11 is 12.4. The van der Waals surface area contributed by atoms with E-state index in [4.69, 9.17) is 28.2 Å². The maximum atomic E-state index is 12.7. The van der Waals surface area contributed by atoms with E-state index in [0.717, 1.165) is 48.5 Å². The second kappa shape index (κ2) is 7.71. The Morgan fingerprint density at radius 3 is 2.81 bits per heavy atom. The van der Waals surface area contributed by atoms with Crippen LogP contribution in [0.5, 0.6) is 0 Å².